The van der Waals surface area contributed by atoms with Gasteiger partial charge in [0.05, 0.1) is 43.4 Å². The van der Waals surface area contributed by atoms with Gasteiger partial charge in [0.1, 0.15) is 17.4 Å². The van der Waals surface area contributed by atoms with Crippen molar-refractivity contribution in [3.8, 4) is 0 Å². The van der Waals surface area contributed by atoms with E-state index in [0.717, 1.165) is 19.2 Å². The molecule has 2 aromatic carbocycles. The molecule has 54 heavy (non-hydrogen) atoms. The Kier molecular flexibility index (Phi) is 13.1. The maximum atomic E-state index is 14.8. The van der Waals surface area contributed by atoms with Crippen LogP contribution in [0, 0.1) is 17.7 Å². The molecule has 5 rings (SSSR count). The first kappa shape index (κ1) is 40.7. The van der Waals surface area contributed by atoms with E-state index in [1.807, 2.05) is 20.8 Å². The van der Waals surface area contributed by atoms with Crippen LogP contribution in [-0.2, 0) is 44.6 Å². The lowest BCUT2D eigenvalue weighted by Gasteiger charge is -2.40. The topological polar surface area (TPSA) is 128 Å². The summed E-state index contributed by atoms with van der Waals surface area (Å²) in [6, 6.07) is 8.18. The van der Waals surface area contributed by atoms with Crippen molar-refractivity contribution in [2.45, 2.75) is 90.0 Å². The number of fused-ring (bicyclic) bond motifs is 3. The Morgan fingerprint density at radius 2 is 1.67 bits per heavy atom. The average molecular weight is 757 g/mol. The fourth-order valence-corrected chi connectivity index (χ4v) is 7.29. The Hall–Kier alpha value is -4.43. The Morgan fingerprint density at radius 1 is 0.981 bits per heavy atom. The molecule has 0 saturated carbocycles. The van der Waals surface area contributed by atoms with Crippen molar-refractivity contribution < 1.29 is 36.7 Å². The number of morpholine rings is 1. The van der Waals surface area contributed by atoms with Crippen LogP contribution < -0.4 is 21.3 Å². The van der Waals surface area contributed by atoms with Gasteiger partial charge in [0.2, 0.25) is 17.7 Å². The van der Waals surface area contributed by atoms with Crippen LogP contribution in [0.1, 0.15) is 69.3 Å². The second-order valence-corrected chi connectivity index (χ2v) is 14.7. The molecule has 1 aliphatic heterocycles. The molecule has 1 aromatic heterocycles. The summed E-state index contributed by atoms with van der Waals surface area (Å²) in [5.41, 5.74) is -0.675. The number of hydrogen-bond acceptors (Lipinski definition) is 6. The number of aryl methyl sites for hydroxylation is 1. The number of nitrogens with one attached hydrogen (secondary N) is 5. The molecular weight excluding hydrogens is 704 g/mol. The van der Waals surface area contributed by atoms with Crippen molar-refractivity contribution in [2.75, 3.05) is 33.0 Å². The number of halogens is 4. The molecule has 2 heterocycles. The summed E-state index contributed by atoms with van der Waals surface area (Å²) in [5.74, 6) is -2.70. The number of aromatic nitrogens is 1. The molecule has 14 heteroatoms. The summed E-state index contributed by atoms with van der Waals surface area (Å²) in [6.07, 6.45) is -3.57. The summed E-state index contributed by atoms with van der Waals surface area (Å²) in [7, 11) is 0. The van der Waals surface area contributed by atoms with Crippen LogP contribution in [0.4, 0.5) is 17.6 Å². The molecule has 2 aliphatic rings. The largest absolute Gasteiger partial charge is 0.418 e. The number of hydrogen-bond donors (Lipinski definition) is 5. The maximum Gasteiger partial charge on any atom is 0.418 e. The summed E-state index contributed by atoms with van der Waals surface area (Å²) in [5, 5.41) is 12.6. The SMILES string of the molecule is C=C(NCN1CCOCC1)[C@@H](NC(=O)[C@@]1(NC(=O)[C@@H](NC(=O)Cc2ccccc2F)C(C)CC)CCc2[nH]c3c(C(F)(F)F)cccc3c2C1)C(C)CC. The quantitative estimate of drug-likeness (QED) is 0.133. The van der Waals surface area contributed by atoms with Crippen LogP contribution >= 0.6 is 0 Å². The highest BCUT2D eigenvalue weighted by atomic mass is 19.4. The minimum atomic E-state index is -4.61. The highest BCUT2D eigenvalue weighted by Gasteiger charge is 2.47. The third-order valence-corrected chi connectivity index (χ3v) is 11.0. The second-order valence-electron chi connectivity index (χ2n) is 14.7. The number of amides is 3. The molecule has 0 radical (unpaired) electrons. The number of alkyl halides is 3. The van der Waals surface area contributed by atoms with Crippen LogP contribution in [0.2, 0.25) is 0 Å². The van der Waals surface area contributed by atoms with Crippen molar-refractivity contribution in [3.63, 3.8) is 0 Å². The van der Waals surface area contributed by atoms with Gasteiger partial charge >= 0.3 is 6.18 Å². The molecule has 3 amide bonds. The van der Waals surface area contributed by atoms with E-state index in [-0.39, 0.29) is 48.6 Å². The molecule has 3 aromatic rings. The van der Waals surface area contributed by atoms with Crippen molar-refractivity contribution in [1.82, 2.24) is 31.2 Å². The number of rotatable bonds is 15. The molecule has 5 atom stereocenters. The van der Waals surface area contributed by atoms with Gasteiger partial charge in [-0.15, -0.1) is 0 Å². The Balaban J connectivity index is 1.47. The first-order valence-electron chi connectivity index (χ1n) is 18.8. The number of carbonyl (C=O) groups is 3. The molecule has 10 nitrogen and oxygen atoms in total. The van der Waals surface area contributed by atoms with Gasteiger partial charge in [0, 0.05) is 36.3 Å². The molecule has 1 aliphatic carbocycles. The number of carbonyl (C=O) groups excluding carboxylic acids is 3. The molecular formula is C40H52F4N6O4. The van der Waals surface area contributed by atoms with Gasteiger partial charge in [-0.3, -0.25) is 19.3 Å². The van der Waals surface area contributed by atoms with Crippen LogP contribution in [0.15, 0.2) is 54.7 Å². The minimum absolute atomic E-state index is 0.0708. The first-order chi connectivity index (χ1) is 25.7. The number of para-hydroxylation sites is 1. The van der Waals surface area contributed by atoms with Gasteiger partial charge in [-0.2, -0.15) is 13.2 Å². The van der Waals surface area contributed by atoms with Gasteiger partial charge in [-0.05, 0) is 47.9 Å². The van der Waals surface area contributed by atoms with E-state index in [4.69, 9.17) is 4.74 Å². The molecule has 0 spiro atoms. The number of ether oxygens (including phenoxy) is 1. The highest BCUT2D eigenvalue weighted by molar-refractivity contribution is 5.97. The third kappa shape index (κ3) is 9.26. The number of nitrogens with zero attached hydrogens (tertiary/aromatic N) is 1. The summed E-state index contributed by atoms with van der Waals surface area (Å²) >= 11 is 0. The summed E-state index contributed by atoms with van der Waals surface area (Å²) in [4.78, 5) is 47.6. The Labute approximate surface area is 313 Å². The van der Waals surface area contributed by atoms with Crippen molar-refractivity contribution in [3.05, 3.63) is 82.9 Å². The van der Waals surface area contributed by atoms with Crippen LogP contribution in [0.25, 0.3) is 10.9 Å². The van der Waals surface area contributed by atoms with Gasteiger partial charge in [0.15, 0.2) is 0 Å². The highest BCUT2D eigenvalue weighted by Crippen LogP contribution is 2.40. The predicted octanol–water partition coefficient (Wildman–Crippen LogP) is 5.37. The lowest BCUT2D eigenvalue weighted by atomic mass is 9.77. The molecule has 2 unspecified atom stereocenters. The fourth-order valence-electron chi connectivity index (χ4n) is 7.29. The second kappa shape index (κ2) is 17.4. The zero-order valence-corrected chi connectivity index (χ0v) is 31.4. The number of H-pyrrole nitrogens is 1. The predicted molar refractivity (Wildman–Crippen MR) is 199 cm³/mol. The fraction of sp³-hybridized carbons (Fsp3) is 0.525. The zero-order valence-electron chi connectivity index (χ0n) is 31.4. The van der Waals surface area contributed by atoms with E-state index in [0.29, 0.717) is 55.1 Å². The lowest BCUT2D eigenvalue weighted by Crippen LogP contribution is -2.66. The van der Waals surface area contributed by atoms with Crippen molar-refractivity contribution in [2.24, 2.45) is 11.8 Å². The van der Waals surface area contributed by atoms with Crippen molar-refractivity contribution >= 4 is 28.6 Å². The van der Waals surface area contributed by atoms with Crippen molar-refractivity contribution in [1.29, 1.82) is 0 Å². The van der Waals surface area contributed by atoms with Gasteiger partial charge in [-0.25, -0.2) is 4.39 Å². The third-order valence-electron chi connectivity index (χ3n) is 11.0. The maximum absolute atomic E-state index is 14.8. The van der Waals surface area contributed by atoms with E-state index >= 15 is 0 Å². The van der Waals surface area contributed by atoms with E-state index in [1.165, 1.54) is 24.3 Å². The molecule has 294 valence electrons. The normalized spacial score (nSPS) is 19.9. The van der Waals surface area contributed by atoms with Crippen LogP contribution in [0.5, 0.6) is 0 Å². The standard InChI is InChI=1S/C40H52F4N6O4/c1-6-24(3)34(26(5)45-23-50-17-19-54-20-18-50)48-38(53)39(16-15-32-29(22-39)28-12-10-13-30(36(28)46-32)40(42,43)44)49-37(52)35(25(4)7-2)47-33(51)21-27-11-8-9-14-31(27)41/h8-14,24-25,34-35,45-46H,5-7,15-23H2,1-4H3,(H,47,51)(H,48,53)(H,49,52)/t24?,25?,34-,35-,39+/m0/s1. The Morgan fingerprint density at radius 3 is 2.33 bits per heavy atom. The van der Waals surface area contributed by atoms with Gasteiger partial charge in [0.25, 0.3) is 0 Å². The van der Waals surface area contributed by atoms with E-state index in [1.54, 1.807) is 19.1 Å². The van der Waals surface area contributed by atoms with E-state index in [9.17, 15) is 31.9 Å². The van der Waals surface area contributed by atoms with Crippen LogP contribution in [0.3, 0.4) is 0 Å². The van der Waals surface area contributed by atoms with E-state index in [2.05, 4.69) is 37.7 Å². The smallest absolute Gasteiger partial charge is 0.379 e. The van der Waals surface area contributed by atoms with Gasteiger partial charge in [-0.1, -0.05) is 77.4 Å². The monoisotopic (exact) mass is 756 g/mol. The molecule has 0 bridgehead atoms. The average Bonchev–Trinajstić information content (AvgIpc) is 3.52. The molecule has 5 N–H and O–H groups in total. The lowest BCUT2D eigenvalue weighted by molar-refractivity contribution is -0.137. The first-order valence-corrected chi connectivity index (χ1v) is 18.8. The molecule has 1 saturated heterocycles. The number of benzene rings is 2. The van der Waals surface area contributed by atoms with Crippen LogP contribution in [-0.4, -0.2) is 78.2 Å². The molecule has 1 fully saturated rings. The minimum Gasteiger partial charge on any atom is -0.379 e. The summed E-state index contributed by atoms with van der Waals surface area (Å²) in [6.45, 7) is 15.1. The zero-order chi connectivity index (χ0) is 39.2. The summed E-state index contributed by atoms with van der Waals surface area (Å²) < 4.78 is 62.1. The Bertz CT molecular complexity index is 1820. The van der Waals surface area contributed by atoms with E-state index < -0.39 is 52.9 Å². The van der Waals surface area contributed by atoms with Gasteiger partial charge < -0.3 is 31.0 Å². The number of aromatic amines is 1.